The van der Waals surface area contributed by atoms with Gasteiger partial charge in [-0.15, -0.1) is 0 Å². The maximum atomic E-state index is 5.21. The van der Waals surface area contributed by atoms with Crippen molar-refractivity contribution in [2.24, 2.45) is 0 Å². The summed E-state index contributed by atoms with van der Waals surface area (Å²) >= 11 is 0. The Balaban J connectivity index is 1.16. The second-order valence-electron chi connectivity index (χ2n) is 13.0. The van der Waals surface area contributed by atoms with Gasteiger partial charge in [0, 0.05) is 49.5 Å². The quantitative estimate of drug-likeness (QED) is 0.193. The van der Waals surface area contributed by atoms with Crippen LogP contribution in [-0.2, 0) is 0 Å². The molecule has 232 valence electrons. The number of hydrogen-bond acceptors (Lipinski definition) is 2. The van der Waals surface area contributed by atoms with Crippen molar-refractivity contribution >= 4 is 59.9 Å². The van der Waals surface area contributed by atoms with Crippen molar-refractivity contribution in [3.05, 3.63) is 170 Å². The minimum Gasteiger partial charge on any atom is -0.308 e. The summed E-state index contributed by atoms with van der Waals surface area (Å²) in [5.41, 5.74) is 11.4. The molecule has 0 saturated carbocycles. The van der Waals surface area contributed by atoms with Crippen LogP contribution < -0.4 is 0 Å². The van der Waals surface area contributed by atoms with E-state index < -0.39 is 0 Å². The van der Waals surface area contributed by atoms with Gasteiger partial charge in [-0.1, -0.05) is 121 Å². The number of aromatic nitrogens is 4. The molecule has 50 heavy (non-hydrogen) atoms. The lowest BCUT2D eigenvalue weighted by Gasteiger charge is -2.12. The highest BCUT2D eigenvalue weighted by Crippen LogP contribution is 2.43. The summed E-state index contributed by atoms with van der Waals surface area (Å²) < 4.78 is 4.73. The monoisotopic (exact) mass is 636 g/mol. The van der Waals surface area contributed by atoms with Gasteiger partial charge in [0.2, 0.25) is 0 Å². The number of nitrogens with zero attached hydrogens (tertiary/aromatic N) is 4. The molecule has 0 unspecified atom stereocenters. The predicted molar refractivity (Wildman–Crippen MR) is 207 cm³/mol. The van der Waals surface area contributed by atoms with Gasteiger partial charge in [-0.2, -0.15) is 0 Å². The first-order chi connectivity index (χ1) is 24.8. The third-order valence-electron chi connectivity index (χ3n) is 10.3. The number of benzene rings is 7. The van der Waals surface area contributed by atoms with Crippen LogP contribution in [0.1, 0.15) is 0 Å². The SMILES string of the molecule is c1ccc(-c2cc(-n3c4ccccc4c4cc(-c5cc6c7ccccc7n7c8ccccc8c(c5)c67)ccc43)nc(-c3ccccc3)n2)cc1. The maximum Gasteiger partial charge on any atom is 0.162 e. The molecule has 0 radical (unpaired) electrons. The maximum absolute atomic E-state index is 5.21. The van der Waals surface area contributed by atoms with Crippen molar-refractivity contribution in [2.75, 3.05) is 0 Å². The van der Waals surface area contributed by atoms with Crippen LogP contribution in [0.2, 0.25) is 0 Å². The Labute approximate surface area is 287 Å². The van der Waals surface area contributed by atoms with Crippen molar-refractivity contribution in [1.82, 2.24) is 18.9 Å². The molecule has 4 nitrogen and oxygen atoms in total. The molecule has 0 bridgehead atoms. The Hall–Kier alpha value is -6.78. The van der Waals surface area contributed by atoms with E-state index in [2.05, 4.69) is 155 Å². The molecule has 4 heterocycles. The van der Waals surface area contributed by atoms with Gasteiger partial charge in [0.1, 0.15) is 5.82 Å². The lowest BCUT2D eigenvalue weighted by Crippen LogP contribution is -2.02. The van der Waals surface area contributed by atoms with Gasteiger partial charge in [0.25, 0.3) is 0 Å². The lowest BCUT2D eigenvalue weighted by atomic mass is 9.98. The molecule has 0 aliphatic rings. The molecule has 0 atom stereocenters. The molecule has 0 saturated heterocycles. The van der Waals surface area contributed by atoms with Crippen LogP contribution in [0.15, 0.2) is 170 Å². The normalized spacial score (nSPS) is 12.0. The summed E-state index contributed by atoms with van der Waals surface area (Å²) in [5.74, 6) is 1.55. The molecule has 11 rings (SSSR count). The first-order valence-electron chi connectivity index (χ1n) is 17.0. The van der Waals surface area contributed by atoms with Gasteiger partial charge in [0.15, 0.2) is 5.82 Å². The highest BCUT2D eigenvalue weighted by molar-refractivity contribution is 6.24. The summed E-state index contributed by atoms with van der Waals surface area (Å²) in [6, 6.07) is 60.6. The fourth-order valence-corrected chi connectivity index (χ4v) is 8.04. The van der Waals surface area contributed by atoms with Gasteiger partial charge >= 0.3 is 0 Å². The topological polar surface area (TPSA) is 35.1 Å². The van der Waals surface area contributed by atoms with Gasteiger partial charge in [0.05, 0.1) is 33.3 Å². The first-order valence-corrected chi connectivity index (χ1v) is 17.0. The van der Waals surface area contributed by atoms with Gasteiger partial charge in [-0.3, -0.25) is 4.57 Å². The van der Waals surface area contributed by atoms with E-state index in [1.165, 1.54) is 60.0 Å². The average molecular weight is 637 g/mol. The predicted octanol–water partition coefficient (Wildman–Crippen LogP) is 11.7. The summed E-state index contributed by atoms with van der Waals surface area (Å²) in [7, 11) is 0. The second-order valence-corrected chi connectivity index (χ2v) is 13.0. The molecule has 4 aromatic heterocycles. The van der Waals surface area contributed by atoms with Crippen LogP contribution in [0, 0.1) is 0 Å². The van der Waals surface area contributed by atoms with Crippen LogP contribution in [0.5, 0.6) is 0 Å². The number of rotatable bonds is 4. The number of para-hydroxylation sites is 3. The van der Waals surface area contributed by atoms with Crippen molar-refractivity contribution in [2.45, 2.75) is 0 Å². The molecule has 0 aliphatic carbocycles. The minimum absolute atomic E-state index is 0.704. The zero-order chi connectivity index (χ0) is 32.8. The van der Waals surface area contributed by atoms with Crippen LogP contribution in [-0.4, -0.2) is 18.9 Å². The molecule has 0 amide bonds. The zero-order valence-corrected chi connectivity index (χ0v) is 27.0. The molecule has 7 aromatic carbocycles. The Morgan fingerprint density at radius 2 is 0.860 bits per heavy atom. The third-order valence-corrected chi connectivity index (χ3v) is 10.3. The van der Waals surface area contributed by atoms with E-state index in [1.807, 2.05) is 24.3 Å². The highest BCUT2D eigenvalue weighted by Gasteiger charge is 2.20. The minimum atomic E-state index is 0.704. The Morgan fingerprint density at radius 3 is 1.52 bits per heavy atom. The van der Waals surface area contributed by atoms with E-state index in [4.69, 9.17) is 9.97 Å². The molecule has 0 spiro atoms. The number of hydrogen-bond donors (Lipinski definition) is 0. The Bertz CT molecular complexity index is 2940. The average Bonchev–Trinajstić information content (AvgIpc) is 3.83. The molecule has 0 aliphatic heterocycles. The van der Waals surface area contributed by atoms with E-state index in [-0.39, 0.29) is 0 Å². The lowest BCUT2D eigenvalue weighted by molar-refractivity contribution is 1.05. The molecular formula is C46H28N4. The van der Waals surface area contributed by atoms with Gasteiger partial charge in [-0.05, 0) is 53.6 Å². The van der Waals surface area contributed by atoms with Crippen molar-refractivity contribution in [1.29, 1.82) is 0 Å². The van der Waals surface area contributed by atoms with Crippen LogP contribution in [0.3, 0.4) is 0 Å². The fourth-order valence-electron chi connectivity index (χ4n) is 8.04. The summed E-state index contributed by atoms with van der Waals surface area (Å²) in [6.07, 6.45) is 0. The van der Waals surface area contributed by atoms with Gasteiger partial charge < -0.3 is 4.40 Å². The van der Waals surface area contributed by atoms with E-state index in [9.17, 15) is 0 Å². The molecule has 11 aromatic rings. The van der Waals surface area contributed by atoms with E-state index in [0.29, 0.717) is 5.82 Å². The summed E-state index contributed by atoms with van der Waals surface area (Å²) in [6.45, 7) is 0. The molecular weight excluding hydrogens is 609 g/mol. The van der Waals surface area contributed by atoms with Crippen molar-refractivity contribution in [3.8, 4) is 39.6 Å². The fraction of sp³-hybridized carbons (Fsp3) is 0. The highest BCUT2D eigenvalue weighted by atomic mass is 15.1. The van der Waals surface area contributed by atoms with Crippen LogP contribution >= 0.6 is 0 Å². The Kier molecular flexibility index (Phi) is 5.63. The van der Waals surface area contributed by atoms with E-state index >= 15 is 0 Å². The van der Waals surface area contributed by atoms with E-state index in [1.54, 1.807) is 0 Å². The van der Waals surface area contributed by atoms with Gasteiger partial charge in [-0.25, -0.2) is 9.97 Å². The summed E-state index contributed by atoms with van der Waals surface area (Å²) in [5, 5.41) is 7.52. The Morgan fingerprint density at radius 1 is 0.340 bits per heavy atom. The smallest absolute Gasteiger partial charge is 0.162 e. The second kappa shape index (κ2) is 10.4. The van der Waals surface area contributed by atoms with Crippen molar-refractivity contribution < 1.29 is 0 Å². The number of fused-ring (bicyclic) bond motifs is 9. The van der Waals surface area contributed by atoms with Crippen LogP contribution in [0.4, 0.5) is 0 Å². The molecule has 0 fully saturated rings. The summed E-state index contributed by atoms with van der Waals surface area (Å²) in [4.78, 5) is 10.3. The zero-order valence-electron chi connectivity index (χ0n) is 27.0. The standard InChI is InChI=1S/C46H28N4/c1-3-13-29(14-4-1)39-28-44(48-46(47-39)30-15-5-2-6-16-30)49-40-20-10-7-17-33(40)36-25-31(23-24-43(36)49)32-26-37-34-18-8-11-21-41(34)50-42-22-12-9-19-35(42)38(27-32)45(37)50/h1-28H. The van der Waals surface area contributed by atoms with Crippen LogP contribution in [0.25, 0.3) is 99.5 Å². The molecule has 0 N–H and O–H groups in total. The van der Waals surface area contributed by atoms with E-state index in [0.717, 1.165) is 33.7 Å². The first kappa shape index (κ1) is 27.2. The largest absolute Gasteiger partial charge is 0.308 e. The third kappa shape index (κ3) is 3.87. The molecule has 4 heteroatoms. The van der Waals surface area contributed by atoms with Crippen molar-refractivity contribution in [3.63, 3.8) is 0 Å².